The lowest BCUT2D eigenvalue weighted by Gasteiger charge is -2.35. The zero-order valence-electron chi connectivity index (χ0n) is 19.3. The summed E-state index contributed by atoms with van der Waals surface area (Å²) in [5.74, 6) is 1.40. The fourth-order valence-corrected chi connectivity index (χ4v) is 5.03. The van der Waals surface area contributed by atoms with Gasteiger partial charge in [0.2, 0.25) is 5.91 Å². The highest BCUT2D eigenvalue weighted by Gasteiger charge is 2.34. The van der Waals surface area contributed by atoms with Crippen LogP contribution in [0.3, 0.4) is 0 Å². The first-order valence-corrected chi connectivity index (χ1v) is 12.1. The molecule has 2 aromatic carbocycles. The number of rotatable bonds is 6. The van der Waals surface area contributed by atoms with Crippen LogP contribution in [0, 0.1) is 11.7 Å². The summed E-state index contributed by atoms with van der Waals surface area (Å²) in [6.45, 7) is 1.48. The van der Waals surface area contributed by atoms with Crippen molar-refractivity contribution in [1.29, 1.82) is 0 Å². The maximum Gasteiger partial charge on any atom is 0.237 e. The van der Waals surface area contributed by atoms with Crippen LogP contribution in [0.2, 0.25) is 5.02 Å². The number of benzene rings is 2. The summed E-state index contributed by atoms with van der Waals surface area (Å²) in [5, 5.41) is 10.00. The molecule has 2 aliphatic rings. The smallest absolute Gasteiger partial charge is 0.237 e. The number of halogens is 2. The van der Waals surface area contributed by atoms with Crippen molar-refractivity contribution in [1.82, 2.24) is 20.6 Å². The molecule has 1 saturated carbocycles. The van der Waals surface area contributed by atoms with Crippen LogP contribution in [0.25, 0.3) is 10.9 Å². The number of ether oxygens (including phenoxy) is 2. The van der Waals surface area contributed by atoms with E-state index in [-0.39, 0.29) is 28.8 Å². The summed E-state index contributed by atoms with van der Waals surface area (Å²) in [5.41, 5.74) is 0.849. The van der Waals surface area contributed by atoms with Crippen molar-refractivity contribution in [3.8, 4) is 11.5 Å². The third-order valence-corrected chi connectivity index (χ3v) is 6.97. The Morgan fingerprint density at radius 1 is 1.11 bits per heavy atom. The van der Waals surface area contributed by atoms with Crippen molar-refractivity contribution in [2.75, 3.05) is 25.5 Å². The number of fused-ring (bicyclic) bond motifs is 1. The van der Waals surface area contributed by atoms with E-state index in [0.717, 1.165) is 32.2 Å². The molecule has 10 heteroatoms. The van der Waals surface area contributed by atoms with Gasteiger partial charge in [0.25, 0.3) is 0 Å². The number of carbonyl (C=O) groups excluding carboxylic acids is 1. The molecule has 1 aromatic heterocycles. The quantitative estimate of drug-likeness (QED) is 0.467. The molecule has 184 valence electrons. The van der Waals surface area contributed by atoms with Gasteiger partial charge >= 0.3 is 0 Å². The highest BCUT2D eigenvalue weighted by atomic mass is 35.5. The lowest BCUT2D eigenvalue weighted by Crippen LogP contribution is -2.56. The number of methoxy groups -OCH3 is 1. The van der Waals surface area contributed by atoms with Crippen LogP contribution in [0.4, 0.5) is 15.9 Å². The maximum absolute atomic E-state index is 14.5. The van der Waals surface area contributed by atoms with Gasteiger partial charge in [0, 0.05) is 24.5 Å². The monoisotopic (exact) mass is 499 g/mol. The number of aromatic nitrogens is 2. The van der Waals surface area contributed by atoms with Gasteiger partial charge in [-0.3, -0.25) is 4.79 Å². The van der Waals surface area contributed by atoms with E-state index >= 15 is 0 Å². The van der Waals surface area contributed by atoms with Crippen LogP contribution in [0.1, 0.15) is 25.7 Å². The lowest BCUT2D eigenvalue weighted by molar-refractivity contribution is -0.126. The topological polar surface area (TPSA) is 97.4 Å². The highest BCUT2D eigenvalue weighted by molar-refractivity contribution is 6.31. The lowest BCUT2D eigenvalue weighted by atomic mass is 9.81. The molecule has 1 saturated heterocycles. The second-order valence-corrected chi connectivity index (χ2v) is 9.25. The molecule has 2 heterocycles. The van der Waals surface area contributed by atoms with Gasteiger partial charge in [-0.1, -0.05) is 17.7 Å². The molecule has 0 bridgehead atoms. The first kappa shape index (κ1) is 23.6. The zero-order valence-corrected chi connectivity index (χ0v) is 20.1. The van der Waals surface area contributed by atoms with Crippen molar-refractivity contribution in [2.24, 2.45) is 5.92 Å². The molecule has 5 rings (SSSR count). The fraction of sp³-hybridized carbons (Fsp3) is 0.400. The van der Waals surface area contributed by atoms with Crippen LogP contribution in [-0.2, 0) is 4.79 Å². The van der Waals surface area contributed by atoms with E-state index in [1.165, 1.54) is 12.4 Å². The van der Waals surface area contributed by atoms with Gasteiger partial charge in [-0.2, -0.15) is 0 Å². The Bertz CT molecular complexity index is 1240. The van der Waals surface area contributed by atoms with Gasteiger partial charge in [0.1, 0.15) is 12.1 Å². The molecule has 8 nitrogen and oxygen atoms in total. The molecular weight excluding hydrogens is 473 g/mol. The molecule has 3 N–H and O–H groups in total. The number of carbonyl (C=O) groups is 1. The minimum absolute atomic E-state index is 0.00401. The third-order valence-electron chi connectivity index (χ3n) is 6.68. The van der Waals surface area contributed by atoms with E-state index in [4.69, 9.17) is 21.1 Å². The predicted molar refractivity (Wildman–Crippen MR) is 132 cm³/mol. The molecular formula is C25H27ClFN5O3. The number of hydrogen-bond donors (Lipinski definition) is 3. The van der Waals surface area contributed by atoms with Gasteiger partial charge < -0.3 is 25.4 Å². The van der Waals surface area contributed by atoms with Gasteiger partial charge in [-0.25, -0.2) is 14.4 Å². The van der Waals surface area contributed by atoms with Crippen molar-refractivity contribution < 1.29 is 18.7 Å². The average Bonchev–Trinajstić information content (AvgIpc) is 2.87. The molecule has 1 aliphatic carbocycles. The molecule has 2 fully saturated rings. The maximum atomic E-state index is 14.5. The molecule has 3 aromatic rings. The van der Waals surface area contributed by atoms with E-state index in [9.17, 15) is 9.18 Å². The molecule has 0 spiro atoms. The predicted octanol–water partition coefficient (Wildman–Crippen LogP) is 4.20. The standard InChI is InChI=1S/C25H27ClFN5O3/c1-34-20-12-19-16(24(31-13-30-19)32-18-4-2-3-17(26)22(18)27)11-21(20)35-15-7-5-14(6-8-15)23-25(33)29-10-9-28-23/h2-4,11-15,23,28H,5-10H2,1H3,(H,29,33)(H,30,31,32)/t14-,15-,23-/m1/s1. The summed E-state index contributed by atoms with van der Waals surface area (Å²) in [6, 6.07) is 8.22. The summed E-state index contributed by atoms with van der Waals surface area (Å²) < 4.78 is 26.4. The molecule has 0 unspecified atom stereocenters. The van der Waals surface area contributed by atoms with Crippen molar-refractivity contribution >= 4 is 39.9 Å². The summed E-state index contributed by atoms with van der Waals surface area (Å²) in [4.78, 5) is 20.9. The molecule has 1 amide bonds. The van der Waals surface area contributed by atoms with E-state index in [1.54, 1.807) is 25.3 Å². The Hall–Kier alpha value is -3.17. The van der Waals surface area contributed by atoms with Crippen LogP contribution in [0.5, 0.6) is 11.5 Å². The Morgan fingerprint density at radius 3 is 2.71 bits per heavy atom. The number of nitrogens with zero attached hydrogens (tertiary/aromatic N) is 2. The van der Waals surface area contributed by atoms with Crippen molar-refractivity contribution in [3.05, 3.63) is 47.5 Å². The average molecular weight is 500 g/mol. The molecule has 1 atom stereocenters. The van der Waals surface area contributed by atoms with Crippen molar-refractivity contribution in [2.45, 2.75) is 37.8 Å². The Kier molecular flexibility index (Phi) is 6.88. The van der Waals surface area contributed by atoms with E-state index in [1.807, 2.05) is 6.07 Å². The van der Waals surface area contributed by atoms with Gasteiger partial charge in [-0.05, 0) is 49.8 Å². The Labute approximate surface area is 207 Å². The molecule has 1 aliphatic heterocycles. The highest BCUT2D eigenvalue weighted by Crippen LogP contribution is 2.38. The minimum atomic E-state index is -0.552. The number of anilines is 2. The van der Waals surface area contributed by atoms with E-state index in [0.29, 0.717) is 40.7 Å². The number of hydrogen-bond acceptors (Lipinski definition) is 7. The second-order valence-electron chi connectivity index (χ2n) is 8.85. The number of amides is 1. The first-order chi connectivity index (χ1) is 17.0. The van der Waals surface area contributed by atoms with Crippen LogP contribution >= 0.6 is 11.6 Å². The van der Waals surface area contributed by atoms with Crippen LogP contribution < -0.4 is 25.4 Å². The molecule has 35 heavy (non-hydrogen) atoms. The summed E-state index contributed by atoms with van der Waals surface area (Å²) in [6.07, 6.45) is 4.87. The van der Waals surface area contributed by atoms with Gasteiger partial charge in [0.15, 0.2) is 17.3 Å². The Balaban J connectivity index is 1.36. The minimum Gasteiger partial charge on any atom is -0.493 e. The van der Waals surface area contributed by atoms with Gasteiger partial charge in [0.05, 0.1) is 35.5 Å². The normalized spacial score (nSPS) is 22.5. The van der Waals surface area contributed by atoms with Gasteiger partial charge in [-0.15, -0.1) is 0 Å². The number of nitrogens with one attached hydrogen (secondary N) is 3. The Morgan fingerprint density at radius 2 is 1.94 bits per heavy atom. The summed E-state index contributed by atoms with van der Waals surface area (Å²) in [7, 11) is 1.58. The van der Waals surface area contributed by atoms with Crippen molar-refractivity contribution in [3.63, 3.8) is 0 Å². The SMILES string of the molecule is COc1cc2ncnc(Nc3cccc(Cl)c3F)c2cc1O[C@H]1CC[C@H]([C@H]2NCCNC2=O)CC1. The zero-order chi connectivity index (χ0) is 24.4. The molecule has 0 radical (unpaired) electrons. The fourth-order valence-electron chi connectivity index (χ4n) is 4.86. The number of piperazine rings is 1. The van der Waals surface area contributed by atoms with Crippen LogP contribution in [0.15, 0.2) is 36.7 Å². The first-order valence-electron chi connectivity index (χ1n) is 11.7. The van der Waals surface area contributed by atoms with Crippen LogP contribution in [-0.4, -0.2) is 48.2 Å². The summed E-state index contributed by atoms with van der Waals surface area (Å²) >= 11 is 5.93. The second kappa shape index (κ2) is 10.2. The third kappa shape index (κ3) is 4.97. The van der Waals surface area contributed by atoms with E-state index in [2.05, 4.69) is 25.9 Å². The largest absolute Gasteiger partial charge is 0.493 e. The van der Waals surface area contributed by atoms with E-state index < -0.39 is 5.82 Å².